The first-order chi connectivity index (χ1) is 9.00. The van der Waals surface area contributed by atoms with Gasteiger partial charge in [0.2, 0.25) is 5.91 Å². The van der Waals surface area contributed by atoms with E-state index in [1.165, 1.54) is 12.8 Å². The molecule has 1 amide bonds. The highest BCUT2D eigenvalue weighted by Crippen LogP contribution is 2.42. The molecule has 0 aromatic rings. The number of carbonyl (C=O) groups excluding carboxylic acids is 1. The molecule has 1 aliphatic heterocycles. The summed E-state index contributed by atoms with van der Waals surface area (Å²) in [6, 6.07) is -0.318. The number of fused-ring (bicyclic) bond motifs is 1. The number of rotatable bonds is 5. The molecule has 1 aliphatic carbocycles. The van der Waals surface area contributed by atoms with Crippen LogP contribution in [0.25, 0.3) is 0 Å². The number of amides is 1. The fraction of sp³-hybridized carbons (Fsp3) is 0.857. The van der Waals surface area contributed by atoms with Crippen LogP contribution in [0.4, 0.5) is 0 Å². The van der Waals surface area contributed by atoms with Crippen LogP contribution in [0, 0.1) is 11.8 Å². The van der Waals surface area contributed by atoms with Crippen molar-refractivity contribution in [3.05, 3.63) is 0 Å². The van der Waals surface area contributed by atoms with E-state index in [1.54, 1.807) is 19.0 Å². The zero-order chi connectivity index (χ0) is 14.0. The summed E-state index contributed by atoms with van der Waals surface area (Å²) in [6.45, 7) is 1.63. The zero-order valence-electron chi connectivity index (χ0n) is 11.8. The van der Waals surface area contributed by atoms with Gasteiger partial charge in [-0.2, -0.15) is 0 Å². The van der Waals surface area contributed by atoms with Gasteiger partial charge in [0.15, 0.2) is 0 Å². The van der Waals surface area contributed by atoms with Crippen molar-refractivity contribution in [1.82, 2.24) is 9.80 Å². The normalized spacial score (nSPS) is 30.3. The topological polar surface area (TPSA) is 60.9 Å². The number of hydrogen-bond donors (Lipinski definition) is 1. The van der Waals surface area contributed by atoms with E-state index in [2.05, 4.69) is 4.90 Å². The fourth-order valence-electron chi connectivity index (χ4n) is 3.62. The van der Waals surface area contributed by atoms with Crippen LogP contribution in [0.5, 0.6) is 0 Å². The van der Waals surface area contributed by atoms with Crippen molar-refractivity contribution in [2.75, 3.05) is 27.2 Å². The van der Waals surface area contributed by atoms with Gasteiger partial charge in [0.25, 0.3) is 0 Å². The maximum Gasteiger partial charge on any atom is 0.321 e. The average Bonchev–Trinajstić information content (AvgIpc) is 2.87. The maximum absolute atomic E-state index is 11.5. The van der Waals surface area contributed by atoms with Crippen LogP contribution in [0.2, 0.25) is 0 Å². The molecule has 1 saturated heterocycles. The number of hydrogen-bond acceptors (Lipinski definition) is 3. The van der Waals surface area contributed by atoms with Gasteiger partial charge in [0.05, 0.1) is 0 Å². The summed E-state index contributed by atoms with van der Waals surface area (Å²) in [6.07, 6.45) is 4.65. The van der Waals surface area contributed by atoms with Gasteiger partial charge < -0.3 is 10.0 Å². The van der Waals surface area contributed by atoms with E-state index in [1.807, 2.05) is 0 Å². The molecule has 1 heterocycles. The van der Waals surface area contributed by atoms with Crippen LogP contribution in [0.1, 0.15) is 32.1 Å². The molecule has 0 radical (unpaired) electrons. The molecule has 3 unspecified atom stereocenters. The van der Waals surface area contributed by atoms with Crippen molar-refractivity contribution >= 4 is 11.9 Å². The van der Waals surface area contributed by atoms with Crippen molar-refractivity contribution < 1.29 is 14.7 Å². The Morgan fingerprint density at radius 2 is 2.05 bits per heavy atom. The van der Waals surface area contributed by atoms with Gasteiger partial charge >= 0.3 is 5.97 Å². The molecule has 2 fully saturated rings. The lowest BCUT2D eigenvalue weighted by Crippen LogP contribution is -2.40. The largest absolute Gasteiger partial charge is 0.480 e. The molecule has 2 rings (SSSR count). The van der Waals surface area contributed by atoms with Crippen LogP contribution < -0.4 is 0 Å². The van der Waals surface area contributed by atoms with Gasteiger partial charge in [-0.05, 0) is 37.6 Å². The second-order valence-electron chi connectivity index (χ2n) is 6.02. The Morgan fingerprint density at radius 1 is 1.32 bits per heavy atom. The highest BCUT2D eigenvalue weighted by molar-refractivity contribution is 5.75. The maximum atomic E-state index is 11.5. The zero-order valence-corrected chi connectivity index (χ0v) is 11.8. The first kappa shape index (κ1) is 14.3. The van der Waals surface area contributed by atoms with Crippen LogP contribution in [0.3, 0.4) is 0 Å². The lowest BCUT2D eigenvalue weighted by atomic mass is 9.94. The third-order valence-electron chi connectivity index (χ3n) is 4.57. The molecule has 0 aromatic heterocycles. The molecule has 5 nitrogen and oxygen atoms in total. The summed E-state index contributed by atoms with van der Waals surface area (Å²) in [7, 11) is 3.51. The Kier molecular flexibility index (Phi) is 4.45. The Morgan fingerprint density at radius 3 is 2.68 bits per heavy atom. The Balaban J connectivity index is 1.86. The monoisotopic (exact) mass is 268 g/mol. The van der Waals surface area contributed by atoms with Crippen LogP contribution in [-0.4, -0.2) is 60.0 Å². The Labute approximate surface area is 114 Å². The number of likely N-dealkylation sites (tertiary alicyclic amines) is 1. The van der Waals surface area contributed by atoms with Crippen LogP contribution in [-0.2, 0) is 9.59 Å². The van der Waals surface area contributed by atoms with Gasteiger partial charge in [-0.15, -0.1) is 0 Å². The van der Waals surface area contributed by atoms with Crippen molar-refractivity contribution in [2.45, 2.75) is 38.1 Å². The second-order valence-corrected chi connectivity index (χ2v) is 6.02. The number of carbonyl (C=O) groups is 2. The number of carboxylic acid groups (broad SMARTS) is 1. The minimum absolute atomic E-state index is 0.117. The smallest absolute Gasteiger partial charge is 0.321 e. The lowest BCUT2D eigenvalue weighted by molar-refractivity contribution is -0.143. The van der Waals surface area contributed by atoms with E-state index in [4.69, 9.17) is 0 Å². The first-order valence-electron chi connectivity index (χ1n) is 7.17. The molecule has 1 saturated carbocycles. The van der Waals surface area contributed by atoms with Gasteiger partial charge in [-0.1, -0.05) is 6.42 Å². The molecule has 108 valence electrons. The first-order valence-corrected chi connectivity index (χ1v) is 7.17. The van der Waals surface area contributed by atoms with E-state index in [-0.39, 0.29) is 11.9 Å². The molecule has 0 bridgehead atoms. The molecule has 1 N–H and O–H groups in total. The summed E-state index contributed by atoms with van der Waals surface area (Å²) >= 11 is 0. The van der Waals surface area contributed by atoms with Crippen LogP contribution >= 0.6 is 0 Å². The highest BCUT2D eigenvalue weighted by Gasteiger charge is 2.47. The third-order valence-corrected chi connectivity index (χ3v) is 4.57. The predicted molar refractivity (Wildman–Crippen MR) is 71.8 cm³/mol. The van der Waals surface area contributed by atoms with Crippen molar-refractivity contribution in [3.63, 3.8) is 0 Å². The third kappa shape index (κ3) is 3.08. The number of nitrogens with zero attached hydrogens (tertiary/aromatic N) is 2. The van der Waals surface area contributed by atoms with E-state index < -0.39 is 5.97 Å². The summed E-state index contributed by atoms with van der Waals surface area (Å²) in [4.78, 5) is 26.6. The number of carboxylic acids is 1. The lowest BCUT2D eigenvalue weighted by Gasteiger charge is -2.24. The summed E-state index contributed by atoms with van der Waals surface area (Å²) < 4.78 is 0. The van der Waals surface area contributed by atoms with Gasteiger partial charge in [-0.3, -0.25) is 14.5 Å². The van der Waals surface area contributed by atoms with Gasteiger partial charge in [-0.25, -0.2) is 0 Å². The number of aliphatic carboxylic acids is 1. The SMILES string of the molecule is CN(C)C(=O)CCCN1CC2CCCC2C1C(=O)O. The van der Waals surface area contributed by atoms with E-state index in [9.17, 15) is 14.7 Å². The van der Waals surface area contributed by atoms with Crippen molar-refractivity contribution in [1.29, 1.82) is 0 Å². The molecular formula is C14H24N2O3. The molecular weight excluding hydrogens is 244 g/mol. The molecule has 3 atom stereocenters. The highest BCUT2D eigenvalue weighted by atomic mass is 16.4. The minimum atomic E-state index is -0.687. The summed E-state index contributed by atoms with van der Waals surface area (Å²) in [5.41, 5.74) is 0. The molecule has 0 aromatic carbocycles. The van der Waals surface area contributed by atoms with Crippen LogP contribution in [0.15, 0.2) is 0 Å². The molecule has 5 heteroatoms. The van der Waals surface area contributed by atoms with Gasteiger partial charge in [0.1, 0.15) is 6.04 Å². The summed E-state index contributed by atoms with van der Waals surface area (Å²) in [5.74, 6) is 0.326. The second kappa shape index (κ2) is 5.90. The fourth-order valence-corrected chi connectivity index (χ4v) is 3.62. The summed E-state index contributed by atoms with van der Waals surface area (Å²) in [5, 5.41) is 9.41. The molecule has 0 spiro atoms. The van der Waals surface area contributed by atoms with E-state index in [0.717, 1.165) is 25.9 Å². The molecule has 2 aliphatic rings. The minimum Gasteiger partial charge on any atom is -0.480 e. The quantitative estimate of drug-likeness (QED) is 0.809. The van der Waals surface area contributed by atoms with Crippen molar-refractivity contribution in [2.24, 2.45) is 11.8 Å². The van der Waals surface area contributed by atoms with E-state index in [0.29, 0.717) is 18.3 Å². The standard InChI is InChI=1S/C14H24N2O3/c1-15(2)12(17)7-4-8-16-9-10-5-3-6-11(10)13(16)14(18)19/h10-11,13H,3-9H2,1-2H3,(H,18,19). The Hall–Kier alpha value is -1.10. The average molecular weight is 268 g/mol. The Bertz CT molecular complexity index is 357. The van der Waals surface area contributed by atoms with Crippen molar-refractivity contribution in [3.8, 4) is 0 Å². The van der Waals surface area contributed by atoms with E-state index >= 15 is 0 Å². The van der Waals surface area contributed by atoms with Gasteiger partial charge in [0, 0.05) is 27.1 Å². The predicted octanol–water partition coefficient (Wildman–Crippen LogP) is 1.04. The molecule has 19 heavy (non-hydrogen) atoms.